The van der Waals surface area contributed by atoms with Crippen molar-refractivity contribution < 1.29 is 28.8 Å². The molecule has 2 aromatic carbocycles. The van der Waals surface area contributed by atoms with Gasteiger partial charge in [-0.3, -0.25) is 4.79 Å². The van der Waals surface area contributed by atoms with E-state index in [1.54, 1.807) is 23.6 Å². The van der Waals surface area contributed by atoms with E-state index < -0.39 is 6.10 Å². The van der Waals surface area contributed by atoms with Crippen LogP contribution in [0.15, 0.2) is 47.8 Å². The Kier molecular flexibility index (Phi) is 8.51. The molecule has 3 rings (SSSR count). The van der Waals surface area contributed by atoms with Crippen LogP contribution < -0.4 is 24.3 Å². The second-order valence-electron chi connectivity index (χ2n) is 7.40. The van der Waals surface area contributed by atoms with Crippen molar-refractivity contribution in [1.82, 2.24) is 10.3 Å². The van der Waals surface area contributed by atoms with Crippen LogP contribution in [0.2, 0.25) is 0 Å². The molecule has 0 aliphatic heterocycles. The fourth-order valence-electron chi connectivity index (χ4n) is 2.96. The summed E-state index contributed by atoms with van der Waals surface area (Å²) >= 11 is 1.37. The molecule has 0 fully saturated rings. The van der Waals surface area contributed by atoms with Gasteiger partial charge in [0.05, 0.1) is 20.3 Å². The molecule has 0 spiro atoms. The van der Waals surface area contributed by atoms with Gasteiger partial charge in [0.1, 0.15) is 29.2 Å². The molecule has 9 heteroatoms. The number of carbonyl (C=O) groups is 1. The number of thiazole rings is 1. The van der Waals surface area contributed by atoms with Crippen LogP contribution in [0.4, 0.5) is 0 Å². The van der Waals surface area contributed by atoms with E-state index in [2.05, 4.69) is 10.3 Å². The molecule has 176 valence electrons. The Bertz CT molecular complexity index is 1030. The fraction of sp³-hybridized carbons (Fsp3) is 0.333. The first-order valence-corrected chi connectivity index (χ1v) is 11.3. The van der Waals surface area contributed by atoms with Crippen molar-refractivity contribution >= 4 is 17.2 Å². The van der Waals surface area contributed by atoms with Gasteiger partial charge in [-0.2, -0.15) is 0 Å². The van der Waals surface area contributed by atoms with E-state index in [1.807, 2.05) is 38.1 Å². The van der Waals surface area contributed by atoms with Crippen molar-refractivity contribution in [1.29, 1.82) is 0 Å². The molecule has 1 amide bonds. The summed E-state index contributed by atoms with van der Waals surface area (Å²) in [4.78, 5) is 16.9. The number of aliphatic hydroxyl groups is 1. The maximum Gasteiger partial charge on any atom is 0.270 e. The van der Waals surface area contributed by atoms with Crippen LogP contribution in [0.5, 0.6) is 23.0 Å². The number of nitrogens with one attached hydrogen (secondary N) is 1. The summed E-state index contributed by atoms with van der Waals surface area (Å²) in [6.07, 6.45) is -0.835. The highest BCUT2D eigenvalue weighted by molar-refractivity contribution is 7.13. The van der Waals surface area contributed by atoms with Gasteiger partial charge in [0.2, 0.25) is 5.75 Å². The van der Waals surface area contributed by atoms with Crippen molar-refractivity contribution in [2.24, 2.45) is 0 Å². The van der Waals surface area contributed by atoms with E-state index in [0.29, 0.717) is 17.2 Å². The summed E-state index contributed by atoms with van der Waals surface area (Å²) in [6.45, 7) is 3.89. The molecular weight excluding hydrogens is 444 g/mol. The number of aliphatic hydroxyl groups excluding tert-OH is 1. The lowest BCUT2D eigenvalue weighted by molar-refractivity contribution is 0.0830. The molecule has 1 aromatic heterocycles. The maximum atomic E-state index is 12.5. The lowest BCUT2D eigenvalue weighted by atomic mass is 10.2. The molecule has 1 heterocycles. The third-order valence-corrected chi connectivity index (χ3v) is 5.40. The highest BCUT2D eigenvalue weighted by Crippen LogP contribution is 2.36. The minimum atomic E-state index is -0.935. The molecule has 0 aliphatic rings. The highest BCUT2D eigenvalue weighted by atomic mass is 32.1. The number of methoxy groups -OCH3 is 2. The summed E-state index contributed by atoms with van der Waals surface area (Å²) in [6, 6.07) is 12.8. The van der Waals surface area contributed by atoms with Crippen molar-refractivity contribution in [2.75, 3.05) is 27.4 Å². The van der Waals surface area contributed by atoms with Crippen LogP contribution in [-0.4, -0.2) is 55.6 Å². The van der Waals surface area contributed by atoms with E-state index in [1.165, 1.54) is 25.6 Å². The number of rotatable bonds is 11. The zero-order chi connectivity index (χ0) is 23.8. The van der Waals surface area contributed by atoms with Gasteiger partial charge in [-0.05, 0) is 50.2 Å². The summed E-state index contributed by atoms with van der Waals surface area (Å²) < 4.78 is 21.9. The Morgan fingerprint density at radius 1 is 1.09 bits per heavy atom. The first kappa shape index (κ1) is 24.3. The Morgan fingerprint density at radius 3 is 2.36 bits per heavy atom. The van der Waals surface area contributed by atoms with Crippen molar-refractivity contribution in [3.05, 3.63) is 53.5 Å². The van der Waals surface area contributed by atoms with E-state index in [0.717, 1.165) is 16.3 Å². The van der Waals surface area contributed by atoms with Gasteiger partial charge >= 0.3 is 0 Å². The van der Waals surface area contributed by atoms with Crippen LogP contribution in [-0.2, 0) is 0 Å². The topological polar surface area (TPSA) is 99.1 Å². The molecule has 0 bridgehead atoms. The summed E-state index contributed by atoms with van der Waals surface area (Å²) in [5.74, 6) is 1.78. The molecule has 0 radical (unpaired) electrons. The number of amides is 1. The van der Waals surface area contributed by atoms with Gasteiger partial charge in [-0.25, -0.2) is 4.98 Å². The molecule has 3 aromatic rings. The number of benzene rings is 2. The van der Waals surface area contributed by atoms with Gasteiger partial charge < -0.3 is 29.4 Å². The Labute approximate surface area is 197 Å². The number of aromatic nitrogens is 1. The fourth-order valence-corrected chi connectivity index (χ4v) is 3.76. The molecular formula is C24H28N2O6S. The molecule has 0 saturated heterocycles. The molecule has 1 atom stereocenters. The molecule has 0 saturated carbocycles. The molecule has 8 nitrogen and oxygen atoms in total. The van der Waals surface area contributed by atoms with E-state index in [-0.39, 0.29) is 30.9 Å². The Balaban J connectivity index is 1.53. The van der Waals surface area contributed by atoms with Gasteiger partial charge in [0.15, 0.2) is 11.5 Å². The monoisotopic (exact) mass is 472 g/mol. The third kappa shape index (κ3) is 6.59. The zero-order valence-electron chi connectivity index (χ0n) is 19.0. The number of hydrogen-bond acceptors (Lipinski definition) is 8. The third-order valence-electron chi connectivity index (χ3n) is 4.51. The van der Waals surface area contributed by atoms with E-state index >= 15 is 0 Å². The largest absolute Gasteiger partial charge is 0.493 e. The first-order valence-electron chi connectivity index (χ1n) is 10.4. The van der Waals surface area contributed by atoms with Crippen LogP contribution in [0, 0.1) is 0 Å². The number of hydrogen-bond donors (Lipinski definition) is 2. The van der Waals surface area contributed by atoms with Crippen LogP contribution in [0.3, 0.4) is 0 Å². The summed E-state index contributed by atoms with van der Waals surface area (Å²) in [5, 5.41) is 15.3. The smallest absolute Gasteiger partial charge is 0.270 e. The number of ether oxygens (including phenoxy) is 4. The first-order chi connectivity index (χ1) is 15.9. The van der Waals surface area contributed by atoms with Gasteiger partial charge in [-0.15, -0.1) is 11.3 Å². The summed E-state index contributed by atoms with van der Waals surface area (Å²) in [7, 11) is 3.04. The second kappa shape index (κ2) is 11.5. The molecule has 33 heavy (non-hydrogen) atoms. The minimum Gasteiger partial charge on any atom is -0.493 e. The van der Waals surface area contributed by atoms with E-state index in [9.17, 15) is 9.90 Å². The zero-order valence-corrected chi connectivity index (χ0v) is 19.8. The van der Waals surface area contributed by atoms with Crippen molar-refractivity contribution in [2.45, 2.75) is 26.1 Å². The average molecular weight is 473 g/mol. The molecule has 2 N–H and O–H groups in total. The Morgan fingerprint density at radius 2 is 1.76 bits per heavy atom. The second-order valence-corrected chi connectivity index (χ2v) is 8.25. The van der Waals surface area contributed by atoms with Crippen LogP contribution >= 0.6 is 11.3 Å². The predicted molar refractivity (Wildman–Crippen MR) is 127 cm³/mol. The lowest BCUT2D eigenvalue weighted by Crippen LogP contribution is -2.35. The van der Waals surface area contributed by atoms with Gasteiger partial charge in [0.25, 0.3) is 5.91 Å². The number of carbonyl (C=O) groups excluding carboxylic acids is 1. The highest BCUT2D eigenvalue weighted by Gasteiger charge is 2.16. The molecule has 0 aliphatic carbocycles. The van der Waals surface area contributed by atoms with E-state index in [4.69, 9.17) is 18.9 Å². The predicted octanol–water partition coefficient (Wildman–Crippen LogP) is 3.78. The number of nitrogens with zero attached hydrogens (tertiary/aromatic N) is 1. The molecule has 1 unspecified atom stereocenters. The maximum absolute atomic E-state index is 12.5. The van der Waals surface area contributed by atoms with Crippen LogP contribution in [0.1, 0.15) is 24.3 Å². The normalized spacial score (nSPS) is 11.7. The van der Waals surface area contributed by atoms with Gasteiger partial charge in [-0.1, -0.05) is 6.07 Å². The SMILES string of the molecule is COc1cccc(OC)c1OCC(O)CNC(=O)c1csc(-c2ccc(OC(C)C)cc2)n1. The standard InChI is InChI=1S/C24H28N2O6S/c1-15(2)32-18-10-8-16(9-11-18)24-26-19(14-33-24)23(28)25-12-17(27)13-31-22-20(29-3)6-5-7-21(22)30-4/h5-11,14-15,17,27H,12-13H2,1-4H3,(H,25,28). The number of para-hydroxylation sites is 1. The lowest BCUT2D eigenvalue weighted by Gasteiger charge is -2.16. The van der Waals surface area contributed by atoms with Crippen molar-refractivity contribution in [3.8, 4) is 33.6 Å². The average Bonchev–Trinajstić information content (AvgIpc) is 3.31. The van der Waals surface area contributed by atoms with Crippen LogP contribution in [0.25, 0.3) is 10.6 Å². The van der Waals surface area contributed by atoms with Crippen molar-refractivity contribution in [3.63, 3.8) is 0 Å². The minimum absolute atomic E-state index is 0.00436. The van der Waals surface area contributed by atoms with Gasteiger partial charge in [0, 0.05) is 17.5 Å². The Hall–Kier alpha value is -3.30. The summed E-state index contributed by atoms with van der Waals surface area (Å²) in [5.41, 5.74) is 1.19. The quantitative estimate of drug-likeness (QED) is 0.438.